The summed E-state index contributed by atoms with van der Waals surface area (Å²) in [6, 6.07) is 5.20. The molecule has 2 heterocycles. The van der Waals surface area contributed by atoms with Crippen molar-refractivity contribution >= 4 is 22.8 Å². The fourth-order valence-corrected chi connectivity index (χ4v) is 3.25. The number of ether oxygens (including phenoxy) is 3. The van der Waals surface area contributed by atoms with Crippen LogP contribution in [0.3, 0.4) is 0 Å². The minimum absolute atomic E-state index is 0.0716. The highest BCUT2D eigenvalue weighted by Crippen LogP contribution is 2.33. The number of amides is 1. The van der Waals surface area contributed by atoms with Crippen LogP contribution in [0.25, 0.3) is 10.8 Å². The Labute approximate surface area is 178 Å². The summed E-state index contributed by atoms with van der Waals surface area (Å²) in [4.78, 5) is 33.8. The monoisotopic (exact) mass is 428 g/mol. The third kappa shape index (κ3) is 4.37. The first-order valence-corrected chi connectivity index (χ1v) is 9.69. The van der Waals surface area contributed by atoms with Crippen molar-refractivity contribution in [3.63, 3.8) is 0 Å². The molecule has 0 aliphatic rings. The zero-order chi connectivity index (χ0) is 22.4. The Kier molecular flexibility index (Phi) is 6.58. The van der Waals surface area contributed by atoms with Gasteiger partial charge in [-0.25, -0.2) is 9.59 Å². The molecule has 3 aromatic rings. The number of hydrogen-bond acceptors (Lipinski definition) is 8. The van der Waals surface area contributed by atoms with E-state index in [4.69, 9.17) is 14.2 Å². The molecular weight excluding hydrogens is 404 g/mol. The summed E-state index contributed by atoms with van der Waals surface area (Å²) in [6.07, 6.45) is 5.01. The fourth-order valence-electron chi connectivity index (χ4n) is 3.25. The number of carbonyl (C=O) groups is 2. The summed E-state index contributed by atoms with van der Waals surface area (Å²) in [5.74, 6) is -0.314. The molecule has 2 aromatic heterocycles. The van der Waals surface area contributed by atoms with Crippen LogP contribution in [0.15, 0.2) is 43.0 Å². The number of nitrogens with zero attached hydrogens (tertiary/aromatic N) is 3. The minimum atomic E-state index is -1.80. The molecule has 1 atom stereocenters. The van der Waals surface area contributed by atoms with Crippen LogP contribution >= 0.6 is 0 Å². The van der Waals surface area contributed by atoms with Crippen molar-refractivity contribution < 1.29 is 28.9 Å². The molecular formula is C21H24N4O6. The molecule has 2 N–H and O–H groups in total. The average Bonchev–Trinajstić information content (AvgIpc) is 3.08. The molecule has 10 heteroatoms. The maximum absolute atomic E-state index is 13.2. The summed E-state index contributed by atoms with van der Waals surface area (Å²) in [5.41, 5.74) is -1.66. The predicted octanol–water partition coefficient (Wildman–Crippen LogP) is 2.35. The second-order valence-corrected chi connectivity index (χ2v) is 6.60. The molecule has 0 saturated heterocycles. The van der Waals surface area contributed by atoms with Gasteiger partial charge < -0.3 is 23.9 Å². The Morgan fingerprint density at radius 2 is 1.97 bits per heavy atom. The van der Waals surface area contributed by atoms with Crippen LogP contribution in [0.2, 0.25) is 0 Å². The van der Waals surface area contributed by atoms with Crippen molar-refractivity contribution in [2.75, 3.05) is 20.3 Å². The van der Waals surface area contributed by atoms with E-state index in [0.717, 1.165) is 0 Å². The van der Waals surface area contributed by atoms with Crippen molar-refractivity contribution in [2.45, 2.75) is 25.9 Å². The minimum Gasteiger partial charge on any atom is -0.497 e. The first-order chi connectivity index (χ1) is 14.9. The molecule has 0 saturated carbocycles. The zero-order valence-corrected chi connectivity index (χ0v) is 17.5. The molecule has 1 aromatic carbocycles. The van der Waals surface area contributed by atoms with Gasteiger partial charge in [0.1, 0.15) is 5.75 Å². The summed E-state index contributed by atoms with van der Waals surface area (Å²) in [5, 5.41) is 14.7. The van der Waals surface area contributed by atoms with Crippen molar-refractivity contribution in [1.82, 2.24) is 19.9 Å². The van der Waals surface area contributed by atoms with Crippen LogP contribution in [0, 0.1) is 0 Å². The smallest absolute Gasteiger partial charge is 0.408 e. The maximum atomic E-state index is 13.2. The number of fused-ring (bicyclic) bond motifs is 1. The molecule has 0 radical (unpaired) electrons. The molecule has 0 bridgehead atoms. The van der Waals surface area contributed by atoms with Crippen molar-refractivity contribution in [2.24, 2.45) is 0 Å². The van der Waals surface area contributed by atoms with Gasteiger partial charge in [-0.3, -0.25) is 15.3 Å². The van der Waals surface area contributed by atoms with Crippen LogP contribution in [0.5, 0.6) is 11.6 Å². The SMILES string of the molecule is CCOC(=O)N[C@@](Cn1cc2ccc(OC)cc2c1O)(C(=O)OCC)c1cnccn1. The van der Waals surface area contributed by atoms with Crippen LogP contribution < -0.4 is 10.1 Å². The van der Waals surface area contributed by atoms with E-state index < -0.39 is 17.6 Å². The van der Waals surface area contributed by atoms with Gasteiger partial charge in [-0.05, 0) is 32.0 Å². The summed E-state index contributed by atoms with van der Waals surface area (Å²) >= 11 is 0. The summed E-state index contributed by atoms with van der Waals surface area (Å²) in [7, 11) is 1.53. The van der Waals surface area contributed by atoms with Gasteiger partial charge in [-0.15, -0.1) is 0 Å². The van der Waals surface area contributed by atoms with Gasteiger partial charge in [0.05, 0.1) is 38.8 Å². The molecule has 1 amide bonds. The van der Waals surface area contributed by atoms with E-state index in [0.29, 0.717) is 16.5 Å². The second-order valence-electron chi connectivity index (χ2n) is 6.60. The topological polar surface area (TPSA) is 125 Å². The number of benzene rings is 1. The van der Waals surface area contributed by atoms with Gasteiger partial charge in [-0.1, -0.05) is 0 Å². The normalized spacial score (nSPS) is 12.7. The first kappa shape index (κ1) is 21.9. The lowest BCUT2D eigenvalue weighted by atomic mass is 9.95. The number of aromatic nitrogens is 3. The van der Waals surface area contributed by atoms with Crippen LogP contribution in [0.1, 0.15) is 19.5 Å². The Hall–Kier alpha value is -3.82. The maximum Gasteiger partial charge on any atom is 0.408 e. The van der Waals surface area contributed by atoms with Gasteiger partial charge >= 0.3 is 12.1 Å². The lowest BCUT2D eigenvalue weighted by Crippen LogP contribution is -2.56. The fraction of sp³-hybridized carbons (Fsp3) is 0.333. The second kappa shape index (κ2) is 9.33. The third-order valence-corrected chi connectivity index (χ3v) is 4.69. The van der Waals surface area contributed by atoms with Gasteiger partial charge in [0.15, 0.2) is 5.88 Å². The number of aromatic hydroxyl groups is 1. The number of methoxy groups -OCH3 is 1. The van der Waals surface area contributed by atoms with Crippen LogP contribution in [-0.2, 0) is 26.4 Å². The van der Waals surface area contributed by atoms with Crippen LogP contribution in [-0.4, -0.2) is 52.0 Å². The quantitative estimate of drug-likeness (QED) is 0.524. The highest BCUT2D eigenvalue weighted by atomic mass is 16.6. The van der Waals surface area contributed by atoms with E-state index in [1.165, 1.54) is 30.3 Å². The van der Waals surface area contributed by atoms with E-state index >= 15 is 0 Å². The lowest BCUT2D eigenvalue weighted by Gasteiger charge is -2.31. The van der Waals surface area contributed by atoms with Gasteiger partial charge in [-0.2, -0.15) is 0 Å². The molecule has 3 rings (SSSR count). The number of nitrogens with one attached hydrogen (secondary N) is 1. The number of rotatable bonds is 8. The van der Waals surface area contributed by atoms with Crippen molar-refractivity contribution in [3.8, 4) is 11.6 Å². The number of esters is 1. The highest BCUT2D eigenvalue weighted by molar-refractivity contribution is 5.90. The molecule has 0 unspecified atom stereocenters. The molecule has 31 heavy (non-hydrogen) atoms. The van der Waals surface area contributed by atoms with Crippen LogP contribution in [0.4, 0.5) is 4.79 Å². The average molecular weight is 428 g/mol. The number of alkyl carbamates (subject to hydrolysis) is 1. The van der Waals surface area contributed by atoms with E-state index in [-0.39, 0.29) is 31.3 Å². The molecule has 0 fully saturated rings. The Morgan fingerprint density at radius 1 is 1.19 bits per heavy atom. The van der Waals surface area contributed by atoms with E-state index in [1.807, 2.05) is 0 Å². The van der Waals surface area contributed by atoms with Gasteiger partial charge in [0.2, 0.25) is 5.54 Å². The molecule has 164 valence electrons. The Bertz CT molecular complexity index is 1070. The standard InChI is InChI=1S/C21H24N4O6/c1-4-30-19(27)21(24-20(28)31-5-2,17-11-22-8-9-23-17)13-25-12-14-6-7-15(29-3)10-16(14)18(25)26/h6-12,26H,4-5,13H2,1-3H3,(H,24,28)/t21-/m1/s1. The summed E-state index contributed by atoms with van der Waals surface area (Å²) in [6.45, 7) is 3.25. The molecule has 10 nitrogen and oxygen atoms in total. The molecule has 0 spiro atoms. The highest BCUT2D eigenvalue weighted by Gasteiger charge is 2.46. The largest absolute Gasteiger partial charge is 0.497 e. The molecule has 0 aliphatic heterocycles. The Morgan fingerprint density at radius 3 is 2.61 bits per heavy atom. The van der Waals surface area contributed by atoms with E-state index in [1.54, 1.807) is 38.2 Å². The number of hydrogen-bond donors (Lipinski definition) is 2. The Balaban J connectivity index is 2.15. The van der Waals surface area contributed by atoms with Crippen molar-refractivity contribution in [1.29, 1.82) is 0 Å². The van der Waals surface area contributed by atoms with E-state index in [9.17, 15) is 14.7 Å². The first-order valence-electron chi connectivity index (χ1n) is 9.69. The van der Waals surface area contributed by atoms with Gasteiger partial charge in [0.25, 0.3) is 0 Å². The molecule has 0 aliphatic carbocycles. The van der Waals surface area contributed by atoms with E-state index in [2.05, 4.69) is 15.3 Å². The lowest BCUT2D eigenvalue weighted by molar-refractivity contribution is -0.152. The van der Waals surface area contributed by atoms with Crippen molar-refractivity contribution in [3.05, 3.63) is 48.7 Å². The summed E-state index contributed by atoms with van der Waals surface area (Å²) < 4.78 is 16.9. The predicted molar refractivity (Wildman–Crippen MR) is 111 cm³/mol. The third-order valence-electron chi connectivity index (χ3n) is 4.69. The number of carbonyl (C=O) groups excluding carboxylic acids is 2. The van der Waals surface area contributed by atoms with Gasteiger partial charge in [0, 0.05) is 29.4 Å². The zero-order valence-electron chi connectivity index (χ0n) is 17.5.